The van der Waals surface area contributed by atoms with Gasteiger partial charge in [-0.2, -0.15) is 0 Å². The number of aromatic nitrogens is 1. The van der Waals surface area contributed by atoms with Gasteiger partial charge < -0.3 is 30.1 Å². The van der Waals surface area contributed by atoms with Crippen LogP contribution in [0.15, 0.2) is 23.1 Å². The smallest absolute Gasteiger partial charge is 0.341 e. The van der Waals surface area contributed by atoms with Crippen LogP contribution in [0.3, 0.4) is 0 Å². The highest BCUT2D eigenvalue weighted by Gasteiger charge is 2.28. The van der Waals surface area contributed by atoms with E-state index in [-0.39, 0.29) is 29.4 Å². The van der Waals surface area contributed by atoms with Crippen LogP contribution in [0.1, 0.15) is 36.2 Å². The molecule has 1 aliphatic carbocycles. The summed E-state index contributed by atoms with van der Waals surface area (Å²) in [5, 5.41) is 28.4. The fourth-order valence-corrected chi connectivity index (χ4v) is 3.31. The van der Waals surface area contributed by atoms with Crippen molar-refractivity contribution in [3.05, 3.63) is 39.9 Å². The van der Waals surface area contributed by atoms with Crippen LogP contribution in [0.2, 0.25) is 0 Å². The number of hydrogen-bond acceptors (Lipinski definition) is 6. The molecule has 2 aliphatic rings. The Bertz CT molecular complexity index is 1030. The minimum atomic E-state index is -1.28. The Morgan fingerprint density at radius 2 is 1.77 bits per heavy atom. The zero-order valence-corrected chi connectivity index (χ0v) is 17.7. The summed E-state index contributed by atoms with van der Waals surface area (Å²) >= 11 is 0. The quantitative estimate of drug-likeness (QED) is 0.542. The van der Waals surface area contributed by atoms with Gasteiger partial charge in [-0.3, -0.25) is 4.79 Å². The Morgan fingerprint density at radius 1 is 1.19 bits per heavy atom. The average Bonchev–Trinajstić information content (AvgIpc) is 3.54. The van der Waals surface area contributed by atoms with Gasteiger partial charge in [-0.05, 0) is 31.9 Å². The highest BCUT2D eigenvalue weighted by atomic mass is 35.5. The number of halogens is 2. The number of aliphatic carboxylic acids is 1. The van der Waals surface area contributed by atoms with E-state index < -0.39 is 29.3 Å². The van der Waals surface area contributed by atoms with Gasteiger partial charge in [-0.25, -0.2) is 14.0 Å². The number of carboxylic acid groups (broad SMARTS) is 2. The van der Waals surface area contributed by atoms with E-state index in [0.717, 1.165) is 25.9 Å². The van der Waals surface area contributed by atoms with Crippen LogP contribution < -0.4 is 15.6 Å². The van der Waals surface area contributed by atoms with E-state index >= 15 is 0 Å². The van der Waals surface area contributed by atoms with Gasteiger partial charge in [0.25, 0.3) is 0 Å². The van der Waals surface area contributed by atoms with Crippen LogP contribution in [0, 0.1) is 5.82 Å². The van der Waals surface area contributed by atoms with Crippen LogP contribution in [-0.2, 0) is 4.79 Å². The summed E-state index contributed by atoms with van der Waals surface area (Å²) in [5.74, 6) is -2.94. The van der Waals surface area contributed by atoms with Gasteiger partial charge in [0.05, 0.1) is 11.2 Å². The largest absolute Gasteiger partial charge is 0.479 e. The number of carbonyl (C=O) groups is 2. The molecule has 1 unspecified atom stereocenters. The van der Waals surface area contributed by atoms with Crippen LogP contribution in [0.5, 0.6) is 0 Å². The first-order valence-corrected chi connectivity index (χ1v) is 9.69. The molecular formula is C20H25ClFN3O6. The minimum absolute atomic E-state index is 0. The number of piperazine rings is 1. The first kappa shape index (κ1) is 24.6. The van der Waals surface area contributed by atoms with Crippen molar-refractivity contribution in [1.29, 1.82) is 0 Å². The molecule has 1 aromatic heterocycles. The van der Waals surface area contributed by atoms with E-state index in [0.29, 0.717) is 24.3 Å². The maximum absolute atomic E-state index is 14.6. The Morgan fingerprint density at radius 3 is 2.26 bits per heavy atom. The highest BCUT2D eigenvalue weighted by molar-refractivity contribution is 5.93. The summed E-state index contributed by atoms with van der Waals surface area (Å²) in [6.45, 7) is 4.16. The number of carboxylic acids is 2. The molecular weight excluding hydrogens is 433 g/mol. The number of aliphatic hydroxyl groups is 1. The highest BCUT2D eigenvalue weighted by Crippen LogP contribution is 2.38. The number of nitrogens with one attached hydrogen (secondary N) is 1. The van der Waals surface area contributed by atoms with Crippen molar-refractivity contribution in [2.24, 2.45) is 0 Å². The molecule has 0 radical (unpaired) electrons. The van der Waals surface area contributed by atoms with Crippen LogP contribution in [0.4, 0.5) is 10.1 Å². The fraction of sp³-hybridized carbons (Fsp3) is 0.450. The average molecular weight is 458 g/mol. The summed E-state index contributed by atoms with van der Waals surface area (Å²) in [4.78, 5) is 35.2. The lowest BCUT2D eigenvalue weighted by Gasteiger charge is -2.30. The van der Waals surface area contributed by atoms with Gasteiger partial charge in [0.2, 0.25) is 5.43 Å². The fourth-order valence-electron chi connectivity index (χ4n) is 3.31. The first-order valence-electron chi connectivity index (χ1n) is 9.69. The molecule has 0 bridgehead atoms. The van der Waals surface area contributed by atoms with Gasteiger partial charge in [0, 0.05) is 43.8 Å². The number of hydrogen-bond donors (Lipinski definition) is 4. The topological polar surface area (TPSA) is 132 Å². The molecule has 0 spiro atoms. The number of pyridine rings is 1. The molecule has 2 fully saturated rings. The van der Waals surface area contributed by atoms with Crippen molar-refractivity contribution >= 4 is 40.9 Å². The standard InChI is InChI=1S/C17H18FN3O3.C3H6O3.ClH/c18-13-7-11-14(8-15(13)20-5-3-19-4-6-20)21(10-1-2-10)9-12(16(11)22)17(23)24;1-2(4)3(5)6;/h7-10,19H,1-6H2,(H,23,24);2,4H,1H3,(H,5,6);1H. The van der Waals surface area contributed by atoms with Crippen molar-refractivity contribution in [2.45, 2.75) is 31.9 Å². The lowest BCUT2D eigenvalue weighted by Crippen LogP contribution is -2.43. The van der Waals surface area contributed by atoms with Crippen molar-refractivity contribution in [1.82, 2.24) is 9.88 Å². The van der Waals surface area contributed by atoms with E-state index in [2.05, 4.69) is 5.32 Å². The Balaban J connectivity index is 0.000000433. The molecule has 170 valence electrons. The third kappa shape index (κ3) is 5.52. The molecule has 9 nitrogen and oxygen atoms in total. The maximum atomic E-state index is 14.6. The van der Waals surface area contributed by atoms with Crippen LogP contribution in [-0.4, -0.2) is 64.1 Å². The number of nitrogens with zero attached hydrogens (tertiary/aromatic N) is 2. The van der Waals surface area contributed by atoms with Crippen LogP contribution in [0.25, 0.3) is 10.9 Å². The number of fused-ring (bicyclic) bond motifs is 1. The van der Waals surface area contributed by atoms with Crippen molar-refractivity contribution in [3.8, 4) is 0 Å². The molecule has 1 aromatic carbocycles. The number of aromatic carboxylic acids is 1. The van der Waals surface area contributed by atoms with Gasteiger partial charge >= 0.3 is 11.9 Å². The van der Waals surface area contributed by atoms with Gasteiger partial charge in [-0.15, -0.1) is 12.4 Å². The van der Waals surface area contributed by atoms with E-state index in [4.69, 9.17) is 10.2 Å². The molecule has 1 aliphatic heterocycles. The Hall–Kier alpha value is -2.69. The zero-order valence-electron chi connectivity index (χ0n) is 16.9. The molecule has 1 saturated carbocycles. The third-order valence-corrected chi connectivity index (χ3v) is 5.09. The predicted octanol–water partition coefficient (Wildman–Crippen LogP) is 1.46. The first-order chi connectivity index (χ1) is 14.2. The lowest BCUT2D eigenvalue weighted by atomic mass is 10.1. The summed E-state index contributed by atoms with van der Waals surface area (Å²) in [5.41, 5.74) is 0.159. The summed E-state index contributed by atoms with van der Waals surface area (Å²) < 4.78 is 16.4. The molecule has 11 heteroatoms. The normalized spacial score (nSPS) is 16.7. The second kappa shape index (κ2) is 10.1. The van der Waals surface area contributed by atoms with Crippen molar-refractivity contribution in [2.75, 3.05) is 31.1 Å². The van der Waals surface area contributed by atoms with Crippen molar-refractivity contribution < 1.29 is 29.3 Å². The predicted molar refractivity (Wildman–Crippen MR) is 115 cm³/mol. The summed E-state index contributed by atoms with van der Waals surface area (Å²) in [6, 6.07) is 3.08. The number of aliphatic hydroxyl groups excluding tert-OH is 1. The van der Waals surface area contributed by atoms with Gasteiger partial charge in [0.15, 0.2) is 0 Å². The van der Waals surface area contributed by atoms with E-state index in [1.54, 1.807) is 6.07 Å². The summed E-state index contributed by atoms with van der Waals surface area (Å²) in [6.07, 6.45) is 2.06. The van der Waals surface area contributed by atoms with Gasteiger partial charge in [-0.1, -0.05) is 0 Å². The molecule has 4 rings (SSSR count). The third-order valence-electron chi connectivity index (χ3n) is 5.09. The molecule has 1 atom stereocenters. The maximum Gasteiger partial charge on any atom is 0.341 e. The SMILES string of the molecule is CC(O)C(=O)O.Cl.O=C(O)c1cn(C2CC2)c2cc(N3CCNCC3)c(F)cc2c1=O. The zero-order chi connectivity index (χ0) is 22.0. The van der Waals surface area contributed by atoms with E-state index in [1.807, 2.05) is 9.47 Å². The van der Waals surface area contributed by atoms with Crippen LogP contribution >= 0.6 is 12.4 Å². The number of rotatable bonds is 4. The Labute approximate surface area is 183 Å². The molecule has 2 heterocycles. The van der Waals surface area contributed by atoms with E-state index in [1.165, 1.54) is 19.2 Å². The lowest BCUT2D eigenvalue weighted by molar-refractivity contribution is -0.145. The summed E-state index contributed by atoms with van der Waals surface area (Å²) in [7, 11) is 0. The number of anilines is 1. The molecule has 4 N–H and O–H groups in total. The van der Waals surface area contributed by atoms with E-state index in [9.17, 15) is 23.9 Å². The molecule has 1 saturated heterocycles. The minimum Gasteiger partial charge on any atom is -0.479 e. The molecule has 31 heavy (non-hydrogen) atoms. The Kier molecular flexibility index (Phi) is 7.99. The monoisotopic (exact) mass is 457 g/mol. The second-order valence-corrected chi connectivity index (χ2v) is 7.39. The molecule has 0 amide bonds. The molecule has 2 aromatic rings. The second-order valence-electron chi connectivity index (χ2n) is 7.39. The number of benzene rings is 1. The van der Waals surface area contributed by atoms with Crippen molar-refractivity contribution in [3.63, 3.8) is 0 Å². The van der Waals surface area contributed by atoms with Gasteiger partial charge in [0.1, 0.15) is 17.5 Å².